The van der Waals surface area contributed by atoms with Crippen molar-refractivity contribution >= 4 is 23.0 Å². The summed E-state index contributed by atoms with van der Waals surface area (Å²) in [6.45, 7) is 0.910. The number of anilines is 3. The third kappa shape index (κ3) is 4.25. The van der Waals surface area contributed by atoms with Crippen molar-refractivity contribution < 1.29 is 9.21 Å². The number of aromatic nitrogens is 2. The van der Waals surface area contributed by atoms with E-state index in [0.717, 1.165) is 29.9 Å². The van der Waals surface area contributed by atoms with Crippen LogP contribution in [0.15, 0.2) is 83.3 Å². The minimum Gasteiger partial charge on any atom is -0.421 e. The maximum Gasteiger partial charge on any atom is 0.247 e. The van der Waals surface area contributed by atoms with E-state index in [2.05, 4.69) is 50.7 Å². The monoisotopic (exact) mass is 424 g/mol. The molecule has 3 aromatic carbocycles. The fourth-order valence-electron chi connectivity index (χ4n) is 4.07. The first-order valence-electron chi connectivity index (χ1n) is 10.9. The fraction of sp³-hybridized carbons (Fsp3) is 0.192. The predicted molar refractivity (Wildman–Crippen MR) is 125 cm³/mol. The van der Waals surface area contributed by atoms with Crippen LogP contribution in [0.2, 0.25) is 0 Å². The van der Waals surface area contributed by atoms with Gasteiger partial charge in [-0.05, 0) is 48.7 Å². The Balaban J connectivity index is 1.19. The van der Waals surface area contributed by atoms with Gasteiger partial charge in [0.05, 0.1) is 11.4 Å². The van der Waals surface area contributed by atoms with Gasteiger partial charge in [-0.15, -0.1) is 10.2 Å². The molecule has 1 N–H and O–H groups in total. The van der Waals surface area contributed by atoms with Gasteiger partial charge in [-0.2, -0.15) is 0 Å². The van der Waals surface area contributed by atoms with Crippen molar-refractivity contribution in [3.05, 3.63) is 90.3 Å². The number of benzene rings is 3. The van der Waals surface area contributed by atoms with Crippen molar-refractivity contribution in [3.8, 4) is 11.5 Å². The van der Waals surface area contributed by atoms with Crippen molar-refractivity contribution in [2.24, 2.45) is 0 Å². The zero-order valence-corrected chi connectivity index (χ0v) is 17.7. The first-order valence-corrected chi connectivity index (χ1v) is 10.9. The minimum absolute atomic E-state index is 0.0206. The van der Waals surface area contributed by atoms with Crippen LogP contribution in [0.25, 0.3) is 11.5 Å². The Kier molecular flexibility index (Phi) is 5.66. The number of fused-ring (bicyclic) bond motifs is 1. The third-order valence-corrected chi connectivity index (χ3v) is 5.64. The first kappa shape index (κ1) is 20.0. The summed E-state index contributed by atoms with van der Waals surface area (Å²) >= 11 is 0. The Morgan fingerprint density at radius 2 is 1.66 bits per heavy atom. The maximum absolute atomic E-state index is 12.6. The highest BCUT2D eigenvalue weighted by atomic mass is 16.4. The van der Waals surface area contributed by atoms with Crippen LogP contribution in [0.3, 0.4) is 0 Å². The van der Waals surface area contributed by atoms with Crippen LogP contribution in [0.1, 0.15) is 24.3 Å². The highest BCUT2D eigenvalue weighted by molar-refractivity contribution is 5.95. The number of aryl methyl sites for hydroxylation is 1. The highest BCUT2D eigenvalue weighted by Crippen LogP contribution is 2.38. The Morgan fingerprint density at radius 1 is 0.906 bits per heavy atom. The summed E-state index contributed by atoms with van der Waals surface area (Å²) in [6, 6.07) is 26.1. The van der Waals surface area contributed by atoms with Crippen LogP contribution in [0.4, 0.5) is 17.1 Å². The van der Waals surface area contributed by atoms with Crippen LogP contribution in [0.5, 0.6) is 0 Å². The molecule has 1 amide bonds. The zero-order chi connectivity index (χ0) is 21.8. The second kappa shape index (κ2) is 9.06. The molecule has 1 aliphatic heterocycles. The summed E-state index contributed by atoms with van der Waals surface area (Å²) in [5, 5.41) is 11.3. The van der Waals surface area contributed by atoms with Crippen molar-refractivity contribution in [1.82, 2.24) is 10.2 Å². The van der Waals surface area contributed by atoms with E-state index < -0.39 is 0 Å². The molecule has 160 valence electrons. The average molecular weight is 425 g/mol. The zero-order valence-electron chi connectivity index (χ0n) is 17.7. The molecule has 4 aromatic rings. The van der Waals surface area contributed by atoms with Gasteiger partial charge < -0.3 is 14.6 Å². The molecular weight excluding hydrogens is 400 g/mol. The van der Waals surface area contributed by atoms with Gasteiger partial charge >= 0.3 is 0 Å². The van der Waals surface area contributed by atoms with E-state index in [4.69, 9.17) is 4.42 Å². The molecule has 0 saturated carbocycles. The number of hydrogen-bond donors (Lipinski definition) is 1. The molecule has 0 fully saturated rings. The van der Waals surface area contributed by atoms with Crippen molar-refractivity contribution in [2.75, 3.05) is 16.8 Å². The Hall–Kier alpha value is -3.93. The molecule has 0 unspecified atom stereocenters. The van der Waals surface area contributed by atoms with Crippen LogP contribution in [-0.4, -0.2) is 22.6 Å². The molecule has 32 heavy (non-hydrogen) atoms. The fourth-order valence-corrected chi connectivity index (χ4v) is 4.07. The Bertz CT molecular complexity index is 1220. The number of para-hydroxylation sites is 3. The van der Waals surface area contributed by atoms with E-state index in [1.807, 2.05) is 48.5 Å². The van der Waals surface area contributed by atoms with Crippen molar-refractivity contribution in [2.45, 2.75) is 25.7 Å². The molecule has 5 rings (SSSR count). The lowest BCUT2D eigenvalue weighted by atomic mass is 10.1. The molecular formula is C26H24N4O2. The topological polar surface area (TPSA) is 71.3 Å². The Morgan fingerprint density at radius 3 is 2.53 bits per heavy atom. The number of nitrogens with one attached hydrogen (secondary N) is 1. The quantitative estimate of drug-likeness (QED) is 0.431. The number of amides is 1. The third-order valence-electron chi connectivity index (χ3n) is 5.64. The maximum atomic E-state index is 12.6. The molecule has 1 aromatic heterocycles. The number of rotatable bonds is 7. The van der Waals surface area contributed by atoms with Gasteiger partial charge in [-0.25, -0.2) is 0 Å². The van der Waals surface area contributed by atoms with Crippen molar-refractivity contribution in [1.29, 1.82) is 0 Å². The lowest BCUT2D eigenvalue weighted by molar-refractivity contribution is -0.116. The molecule has 0 saturated heterocycles. The SMILES string of the molecule is O=C(CCCc1nnc(-c2ccccc2)o1)Nc1ccccc1N1CCc2ccccc21. The van der Waals surface area contributed by atoms with Crippen LogP contribution < -0.4 is 10.2 Å². The summed E-state index contributed by atoms with van der Waals surface area (Å²) in [5.74, 6) is 1.03. The molecule has 6 heteroatoms. The summed E-state index contributed by atoms with van der Waals surface area (Å²) in [5.41, 5.74) is 5.29. The van der Waals surface area contributed by atoms with Gasteiger partial charge in [0.2, 0.25) is 17.7 Å². The molecule has 2 heterocycles. The average Bonchev–Trinajstić information content (AvgIpc) is 3.48. The normalized spacial score (nSPS) is 12.6. The summed E-state index contributed by atoms with van der Waals surface area (Å²) < 4.78 is 5.73. The minimum atomic E-state index is -0.0206. The Labute approximate surface area is 186 Å². The van der Waals surface area contributed by atoms with E-state index in [-0.39, 0.29) is 5.91 Å². The van der Waals surface area contributed by atoms with Crippen LogP contribution >= 0.6 is 0 Å². The van der Waals surface area contributed by atoms with Crippen molar-refractivity contribution in [3.63, 3.8) is 0 Å². The summed E-state index contributed by atoms with van der Waals surface area (Å²) in [7, 11) is 0. The van der Waals surface area contributed by atoms with Gasteiger partial charge in [0.25, 0.3) is 0 Å². The molecule has 0 bridgehead atoms. The molecule has 0 spiro atoms. The lowest BCUT2D eigenvalue weighted by Gasteiger charge is -2.23. The number of nitrogens with zero attached hydrogens (tertiary/aromatic N) is 3. The standard InChI is InChI=1S/C26H24N4O2/c31-24(15-8-16-25-28-29-26(32-25)20-10-2-1-3-11-20)27-21-12-5-7-14-23(21)30-18-17-19-9-4-6-13-22(19)30/h1-7,9-14H,8,15-18H2,(H,27,31). The largest absolute Gasteiger partial charge is 0.421 e. The van der Waals surface area contributed by atoms with E-state index in [9.17, 15) is 4.79 Å². The second-order valence-corrected chi connectivity index (χ2v) is 7.82. The summed E-state index contributed by atoms with van der Waals surface area (Å²) in [4.78, 5) is 14.9. The number of carbonyl (C=O) groups is 1. The van der Waals surface area contributed by atoms with Gasteiger partial charge in [0.1, 0.15) is 0 Å². The van der Waals surface area contributed by atoms with Gasteiger partial charge in [-0.3, -0.25) is 4.79 Å². The van der Waals surface area contributed by atoms with Gasteiger partial charge in [-0.1, -0.05) is 48.5 Å². The smallest absolute Gasteiger partial charge is 0.247 e. The first-order chi connectivity index (χ1) is 15.8. The molecule has 0 radical (unpaired) electrons. The van der Waals surface area contributed by atoms with E-state index >= 15 is 0 Å². The van der Waals surface area contributed by atoms with Crippen LogP contribution in [-0.2, 0) is 17.6 Å². The molecule has 1 aliphatic rings. The number of carbonyl (C=O) groups excluding carboxylic acids is 1. The highest BCUT2D eigenvalue weighted by Gasteiger charge is 2.22. The van der Waals surface area contributed by atoms with Gasteiger partial charge in [0, 0.05) is 30.6 Å². The lowest BCUT2D eigenvalue weighted by Crippen LogP contribution is -2.18. The second-order valence-electron chi connectivity index (χ2n) is 7.82. The predicted octanol–water partition coefficient (Wildman–Crippen LogP) is 5.39. The molecule has 0 atom stereocenters. The van der Waals surface area contributed by atoms with Crippen LogP contribution in [0, 0.1) is 0 Å². The summed E-state index contributed by atoms with van der Waals surface area (Å²) in [6.07, 6.45) is 2.59. The van der Waals surface area contributed by atoms with Gasteiger partial charge in [0.15, 0.2) is 0 Å². The van der Waals surface area contributed by atoms with E-state index in [0.29, 0.717) is 31.0 Å². The van der Waals surface area contributed by atoms with E-state index in [1.54, 1.807) is 0 Å². The van der Waals surface area contributed by atoms with E-state index in [1.165, 1.54) is 11.3 Å². The number of hydrogen-bond acceptors (Lipinski definition) is 5. The molecule has 0 aliphatic carbocycles. The molecule has 6 nitrogen and oxygen atoms in total.